The third-order valence-corrected chi connectivity index (χ3v) is 5.01. The fourth-order valence-electron chi connectivity index (χ4n) is 2.46. The van der Waals surface area contributed by atoms with Crippen molar-refractivity contribution in [2.45, 2.75) is 45.3 Å². The van der Waals surface area contributed by atoms with Gasteiger partial charge in [0.15, 0.2) is 0 Å². The topological polar surface area (TPSA) is 36.4 Å². The Hall–Kier alpha value is -1.15. The summed E-state index contributed by atoms with van der Waals surface area (Å²) in [5.74, 6) is -1.73. The van der Waals surface area contributed by atoms with Gasteiger partial charge in [0.2, 0.25) is 0 Å². The molecule has 2 heterocycles. The molecule has 0 unspecified atom stereocenters. The van der Waals surface area contributed by atoms with Gasteiger partial charge in [0.05, 0.1) is 10.7 Å². The van der Waals surface area contributed by atoms with E-state index in [4.69, 9.17) is 0 Å². The van der Waals surface area contributed by atoms with Crippen molar-refractivity contribution in [3.05, 3.63) is 16.1 Å². The number of hydrogen-bond donors (Lipinski definition) is 0. The zero-order chi connectivity index (χ0) is 17.3. The fourth-order valence-corrected chi connectivity index (χ4v) is 3.36. The van der Waals surface area contributed by atoms with E-state index in [0.29, 0.717) is 26.1 Å². The van der Waals surface area contributed by atoms with Crippen molar-refractivity contribution < 1.29 is 18.0 Å². The molecular formula is C15H22F3N3OS. The smallest absolute Gasteiger partial charge is 0.334 e. The maximum atomic E-state index is 12.5. The molecule has 23 heavy (non-hydrogen) atoms. The van der Waals surface area contributed by atoms with E-state index in [2.05, 4.69) is 30.7 Å². The van der Waals surface area contributed by atoms with Crippen molar-refractivity contribution in [3.63, 3.8) is 0 Å². The Bertz CT molecular complexity index is 551. The molecule has 4 nitrogen and oxygen atoms in total. The van der Waals surface area contributed by atoms with Gasteiger partial charge in [-0.05, 0) is 6.42 Å². The molecule has 0 saturated carbocycles. The number of thiazole rings is 1. The molecule has 0 atom stereocenters. The summed E-state index contributed by atoms with van der Waals surface area (Å²) in [5.41, 5.74) is 0.938. The van der Waals surface area contributed by atoms with Gasteiger partial charge in [0.25, 0.3) is 0 Å². The van der Waals surface area contributed by atoms with Crippen molar-refractivity contribution in [3.8, 4) is 0 Å². The lowest BCUT2D eigenvalue weighted by Gasteiger charge is -2.22. The Morgan fingerprint density at radius 1 is 1.22 bits per heavy atom. The molecule has 0 N–H and O–H groups in total. The summed E-state index contributed by atoms with van der Waals surface area (Å²) in [6.07, 6.45) is -4.25. The van der Waals surface area contributed by atoms with E-state index in [1.807, 2.05) is 5.38 Å². The summed E-state index contributed by atoms with van der Waals surface area (Å²) in [6.45, 7) is 8.27. The lowest BCUT2D eigenvalue weighted by Crippen LogP contribution is -2.43. The van der Waals surface area contributed by atoms with E-state index in [0.717, 1.165) is 15.6 Å². The van der Waals surface area contributed by atoms with Crippen LogP contribution in [0.3, 0.4) is 0 Å². The number of nitrogens with zero attached hydrogens (tertiary/aromatic N) is 3. The normalized spacial score (nSPS) is 18.1. The van der Waals surface area contributed by atoms with Crippen LogP contribution in [0.15, 0.2) is 5.38 Å². The Morgan fingerprint density at radius 3 is 2.48 bits per heavy atom. The van der Waals surface area contributed by atoms with Gasteiger partial charge >= 0.3 is 12.1 Å². The second-order valence-electron chi connectivity index (χ2n) is 6.81. The van der Waals surface area contributed by atoms with Gasteiger partial charge in [0, 0.05) is 43.5 Å². The molecule has 0 bridgehead atoms. The van der Waals surface area contributed by atoms with Gasteiger partial charge in [-0.2, -0.15) is 13.2 Å². The predicted octanol–water partition coefficient (Wildman–Crippen LogP) is 3.04. The maximum absolute atomic E-state index is 12.5. The van der Waals surface area contributed by atoms with Crippen LogP contribution in [0, 0.1) is 0 Å². The lowest BCUT2D eigenvalue weighted by atomic mass is 9.98. The second-order valence-corrected chi connectivity index (χ2v) is 7.67. The summed E-state index contributed by atoms with van der Waals surface area (Å²) < 4.78 is 37.5. The van der Waals surface area contributed by atoms with Crippen LogP contribution >= 0.6 is 11.3 Å². The molecule has 8 heteroatoms. The SMILES string of the molecule is CC(C)(C)c1nc(CN2CCCN(C(=O)C(F)(F)F)CC2)cs1. The quantitative estimate of drug-likeness (QED) is 0.823. The standard InChI is InChI=1S/C15H22F3N3OS/c1-14(2,3)12-19-11(10-23-12)9-20-5-4-6-21(8-7-20)13(22)15(16,17)18/h10H,4-9H2,1-3H3. The van der Waals surface area contributed by atoms with Gasteiger partial charge in [-0.1, -0.05) is 20.8 Å². The van der Waals surface area contributed by atoms with Crippen LogP contribution in [-0.2, 0) is 16.8 Å². The molecule has 0 spiro atoms. The molecule has 1 aromatic rings. The van der Waals surface area contributed by atoms with E-state index >= 15 is 0 Å². The largest absolute Gasteiger partial charge is 0.471 e. The number of rotatable bonds is 2. The molecule has 0 aromatic carbocycles. The van der Waals surface area contributed by atoms with Crippen molar-refractivity contribution >= 4 is 17.2 Å². The lowest BCUT2D eigenvalue weighted by molar-refractivity contribution is -0.185. The molecular weight excluding hydrogens is 327 g/mol. The number of carbonyl (C=O) groups is 1. The van der Waals surface area contributed by atoms with Gasteiger partial charge in [-0.3, -0.25) is 9.69 Å². The highest BCUT2D eigenvalue weighted by Gasteiger charge is 2.42. The van der Waals surface area contributed by atoms with E-state index in [-0.39, 0.29) is 18.5 Å². The zero-order valence-electron chi connectivity index (χ0n) is 13.6. The highest BCUT2D eigenvalue weighted by Crippen LogP contribution is 2.26. The van der Waals surface area contributed by atoms with Gasteiger partial charge < -0.3 is 4.90 Å². The zero-order valence-corrected chi connectivity index (χ0v) is 14.4. The first-order valence-corrected chi connectivity index (χ1v) is 8.48. The number of carbonyl (C=O) groups excluding carboxylic acids is 1. The van der Waals surface area contributed by atoms with Crippen LogP contribution in [-0.4, -0.2) is 53.0 Å². The monoisotopic (exact) mass is 349 g/mol. The highest BCUT2D eigenvalue weighted by atomic mass is 32.1. The van der Waals surface area contributed by atoms with Gasteiger partial charge in [-0.25, -0.2) is 4.98 Å². The average molecular weight is 349 g/mol. The van der Waals surface area contributed by atoms with Crippen molar-refractivity contribution in [1.82, 2.24) is 14.8 Å². The summed E-state index contributed by atoms with van der Waals surface area (Å²) in [5, 5.41) is 3.06. The van der Waals surface area contributed by atoms with Crippen LogP contribution in [0.4, 0.5) is 13.2 Å². The first-order chi connectivity index (χ1) is 10.6. The Kier molecular flexibility index (Phi) is 5.35. The Labute approximate surface area is 138 Å². The predicted molar refractivity (Wildman–Crippen MR) is 83.3 cm³/mol. The van der Waals surface area contributed by atoms with Crippen LogP contribution in [0.25, 0.3) is 0 Å². The molecule has 1 saturated heterocycles. The van der Waals surface area contributed by atoms with Crippen LogP contribution < -0.4 is 0 Å². The molecule has 1 aromatic heterocycles. The fraction of sp³-hybridized carbons (Fsp3) is 0.733. The molecule has 2 rings (SSSR count). The van der Waals surface area contributed by atoms with E-state index in [1.165, 1.54) is 0 Å². The second kappa shape index (κ2) is 6.76. The van der Waals surface area contributed by atoms with Crippen LogP contribution in [0.1, 0.15) is 37.9 Å². The van der Waals surface area contributed by atoms with Crippen molar-refractivity contribution in [2.24, 2.45) is 0 Å². The van der Waals surface area contributed by atoms with E-state index < -0.39 is 12.1 Å². The number of halogens is 3. The third kappa shape index (κ3) is 4.91. The summed E-state index contributed by atoms with van der Waals surface area (Å²) in [4.78, 5) is 18.9. The average Bonchev–Trinajstić information content (AvgIpc) is 2.77. The van der Waals surface area contributed by atoms with E-state index in [9.17, 15) is 18.0 Å². The molecule has 1 amide bonds. The minimum atomic E-state index is -4.79. The molecule has 1 fully saturated rings. The molecule has 130 valence electrons. The van der Waals surface area contributed by atoms with Gasteiger partial charge in [-0.15, -0.1) is 11.3 Å². The molecule has 1 aliphatic heterocycles. The number of aromatic nitrogens is 1. The molecule has 0 radical (unpaired) electrons. The summed E-state index contributed by atoms with van der Waals surface area (Å²) in [6, 6.07) is 0. The highest BCUT2D eigenvalue weighted by molar-refractivity contribution is 7.09. The summed E-state index contributed by atoms with van der Waals surface area (Å²) in [7, 11) is 0. The third-order valence-electron chi connectivity index (χ3n) is 3.70. The first kappa shape index (κ1) is 18.2. The summed E-state index contributed by atoms with van der Waals surface area (Å²) >= 11 is 1.61. The maximum Gasteiger partial charge on any atom is 0.471 e. The van der Waals surface area contributed by atoms with E-state index in [1.54, 1.807) is 11.3 Å². The molecule has 0 aliphatic carbocycles. The van der Waals surface area contributed by atoms with Crippen molar-refractivity contribution in [2.75, 3.05) is 26.2 Å². The minimum absolute atomic E-state index is 0.00235. The van der Waals surface area contributed by atoms with Gasteiger partial charge in [0.1, 0.15) is 0 Å². The minimum Gasteiger partial charge on any atom is -0.334 e. The number of amides is 1. The molecule has 1 aliphatic rings. The Balaban J connectivity index is 1.94. The first-order valence-electron chi connectivity index (χ1n) is 7.61. The number of hydrogen-bond acceptors (Lipinski definition) is 4. The van der Waals surface area contributed by atoms with Crippen LogP contribution in [0.5, 0.6) is 0 Å². The van der Waals surface area contributed by atoms with Crippen LogP contribution in [0.2, 0.25) is 0 Å². The van der Waals surface area contributed by atoms with Crippen molar-refractivity contribution in [1.29, 1.82) is 0 Å². The Morgan fingerprint density at radius 2 is 1.91 bits per heavy atom. The number of alkyl halides is 3.